The predicted octanol–water partition coefficient (Wildman–Crippen LogP) is 2.66. The summed E-state index contributed by atoms with van der Waals surface area (Å²) in [6.07, 6.45) is 0.340. The molecule has 0 radical (unpaired) electrons. The van der Waals surface area contributed by atoms with Gasteiger partial charge in [-0.05, 0) is 24.6 Å². The van der Waals surface area contributed by atoms with E-state index in [1.54, 1.807) is 24.3 Å². The van der Waals surface area contributed by atoms with E-state index in [-0.39, 0.29) is 44.4 Å². The number of methoxy groups -OCH3 is 1. The molecule has 2 aromatic carbocycles. The van der Waals surface area contributed by atoms with Crippen LogP contribution in [0.4, 0.5) is 5.69 Å². The van der Waals surface area contributed by atoms with Crippen molar-refractivity contribution in [3.8, 4) is 0 Å². The molecule has 156 valence electrons. The average Bonchev–Trinajstić information content (AvgIpc) is 3.10. The zero-order chi connectivity index (χ0) is 21.3. The minimum atomic E-state index is -1.50. The molecule has 2 heterocycles. The normalized spacial score (nSPS) is 20.2. The highest BCUT2D eigenvalue weighted by Gasteiger charge is 2.61. The molecule has 4 rings (SSSR count). The smallest absolute Gasteiger partial charge is 0.354 e. The molecule has 0 spiro atoms. The van der Waals surface area contributed by atoms with Crippen LogP contribution in [0.1, 0.15) is 34.3 Å². The molecule has 2 aliphatic heterocycles. The summed E-state index contributed by atoms with van der Waals surface area (Å²) in [5.74, 6) is -1.11. The number of para-hydroxylation sites is 1. The average molecular weight is 408 g/mol. The first-order valence-electron chi connectivity index (χ1n) is 9.95. The van der Waals surface area contributed by atoms with Crippen LogP contribution in [-0.4, -0.2) is 48.6 Å². The lowest BCUT2D eigenvalue weighted by atomic mass is 9.96. The van der Waals surface area contributed by atoms with Gasteiger partial charge in [-0.1, -0.05) is 42.0 Å². The third-order valence-electron chi connectivity index (χ3n) is 5.67. The first kappa shape index (κ1) is 20.1. The van der Waals surface area contributed by atoms with E-state index in [2.05, 4.69) is 0 Å². The molecule has 1 fully saturated rings. The van der Waals surface area contributed by atoms with Gasteiger partial charge >= 0.3 is 5.97 Å². The Balaban J connectivity index is 1.73. The van der Waals surface area contributed by atoms with E-state index in [0.717, 1.165) is 11.1 Å². The number of carbonyl (C=O) groups excluding carboxylic acids is 3. The van der Waals surface area contributed by atoms with Crippen LogP contribution in [0.3, 0.4) is 0 Å². The summed E-state index contributed by atoms with van der Waals surface area (Å²) in [6.45, 7) is 2.44. The number of fused-ring (bicyclic) bond motifs is 3. The maximum Gasteiger partial charge on any atom is 0.354 e. The standard InChI is InChI=1S/C23H24N2O5/c1-16-6-5-7-17(14-16)15-30-22(28)23-11-10-20(26)25(23)19-9-4-3-8-18(19)21(27)24(23)12-13-29-2/h3-9,14H,10-13,15H2,1-2H3/t23-/m0/s1. The summed E-state index contributed by atoms with van der Waals surface area (Å²) >= 11 is 0. The summed E-state index contributed by atoms with van der Waals surface area (Å²) in [6, 6.07) is 14.5. The number of amides is 2. The molecular formula is C23H24N2O5. The third kappa shape index (κ3) is 3.15. The van der Waals surface area contributed by atoms with Gasteiger partial charge in [0.15, 0.2) is 0 Å². The van der Waals surface area contributed by atoms with Crippen LogP contribution in [0.2, 0.25) is 0 Å². The fourth-order valence-corrected chi connectivity index (χ4v) is 4.30. The Labute approximate surface area is 175 Å². The summed E-state index contributed by atoms with van der Waals surface area (Å²) in [7, 11) is 1.53. The van der Waals surface area contributed by atoms with Gasteiger partial charge in [-0.25, -0.2) is 4.79 Å². The van der Waals surface area contributed by atoms with Crippen LogP contribution in [0.15, 0.2) is 48.5 Å². The van der Waals surface area contributed by atoms with Crippen LogP contribution in [0.25, 0.3) is 0 Å². The lowest BCUT2D eigenvalue weighted by Crippen LogP contribution is -2.68. The maximum atomic E-state index is 13.5. The molecule has 0 N–H and O–H groups in total. The maximum absolute atomic E-state index is 13.5. The van der Waals surface area contributed by atoms with Gasteiger partial charge in [-0.3, -0.25) is 14.5 Å². The molecule has 0 saturated carbocycles. The first-order chi connectivity index (χ1) is 14.5. The van der Waals surface area contributed by atoms with Crippen molar-refractivity contribution >= 4 is 23.5 Å². The number of nitrogens with zero attached hydrogens (tertiary/aromatic N) is 2. The lowest BCUT2D eigenvalue weighted by Gasteiger charge is -2.48. The largest absolute Gasteiger partial charge is 0.458 e. The van der Waals surface area contributed by atoms with Gasteiger partial charge in [-0.15, -0.1) is 0 Å². The fourth-order valence-electron chi connectivity index (χ4n) is 4.30. The number of benzene rings is 2. The van der Waals surface area contributed by atoms with Crippen molar-refractivity contribution in [3.63, 3.8) is 0 Å². The second-order valence-electron chi connectivity index (χ2n) is 7.58. The summed E-state index contributed by atoms with van der Waals surface area (Å²) in [4.78, 5) is 42.6. The van der Waals surface area contributed by atoms with Crippen LogP contribution in [0, 0.1) is 6.92 Å². The second-order valence-corrected chi connectivity index (χ2v) is 7.58. The zero-order valence-corrected chi connectivity index (χ0v) is 17.1. The monoisotopic (exact) mass is 408 g/mol. The van der Waals surface area contributed by atoms with E-state index in [4.69, 9.17) is 9.47 Å². The Morgan fingerprint density at radius 2 is 1.93 bits per heavy atom. The highest BCUT2D eigenvalue weighted by molar-refractivity contribution is 6.15. The number of hydrogen-bond donors (Lipinski definition) is 0. The Bertz CT molecular complexity index is 1000. The molecule has 0 unspecified atom stereocenters. The minimum absolute atomic E-state index is 0.0677. The Morgan fingerprint density at radius 1 is 1.13 bits per heavy atom. The number of hydrogen-bond acceptors (Lipinski definition) is 5. The number of carbonyl (C=O) groups is 3. The number of anilines is 1. The van der Waals surface area contributed by atoms with Crippen LogP contribution in [0.5, 0.6) is 0 Å². The van der Waals surface area contributed by atoms with Gasteiger partial charge in [-0.2, -0.15) is 0 Å². The van der Waals surface area contributed by atoms with E-state index in [1.165, 1.54) is 16.9 Å². The van der Waals surface area contributed by atoms with Crippen molar-refractivity contribution in [2.24, 2.45) is 0 Å². The topological polar surface area (TPSA) is 76.2 Å². The molecule has 2 amide bonds. The summed E-state index contributed by atoms with van der Waals surface area (Å²) in [5, 5.41) is 0. The van der Waals surface area contributed by atoms with Crippen LogP contribution >= 0.6 is 0 Å². The highest BCUT2D eigenvalue weighted by Crippen LogP contribution is 2.45. The van der Waals surface area contributed by atoms with Gasteiger partial charge in [0.25, 0.3) is 5.91 Å². The molecule has 0 aliphatic carbocycles. The van der Waals surface area contributed by atoms with Crippen molar-refractivity contribution in [3.05, 3.63) is 65.2 Å². The number of rotatable bonds is 6. The molecule has 30 heavy (non-hydrogen) atoms. The van der Waals surface area contributed by atoms with E-state index in [9.17, 15) is 14.4 Å². The van der Waals surface area contributed by atoms with Crippen LogP contribution < -0.4 is 4.90 Å². The van der Waals surface area contributed by atoms with Gasteiger partial charge in [0.05, 0.1) is 17.9 Å². The first-order valence-corrected chi connectivity index (χ1v) is 9.95. The van der Waals surface area contributed by atoms with Crippen molar-refractivity contribution in [1.29, 1.82) is 0 Å². The van der Waals surface area contributed by atoms with Gasteiger partial charge in [0, 0.05) is 26.5 Å². The lowest BCUT2D eigenvalue weighted by molar-refractivity contribution is -0.159. The number of aryl methyl sites for hydroxylation is 1. The molecule has 0 bridgehead atoms. The molecular weight excluding hydrogens is 384 g/mol. The minimum Gasteiger partial charge on any atom is -0.458 e. The number of ether oxygens (including phenoxy) is 2. The molecule has 7 heteroatoms. The van der Waals surface area contributed by atoms with E-state index < -0.39 is 11.6 Å². The van der Waals surface area contributed by atoms with E-state index in [0.29, 0.717) is 11.3 Å². The molecule has 1 atom stereocenters. The fraction of sp³-hybridized carbons (Fsp3) is 0.348. The Kier molecular flexibility index (Phi) is 5.30. The second kappa shape index (κ2) is 7.91. The van der Waals surface area contributed by atoms with Crippen molar-refractivity contribution in [1.82, 2.24) is 4.90 Å². The summed E-state index contributed by atoms with van der Waals surface area (Å²) < 4.78 is 10.9. The third-order valence-corrected chi connectivity index (χ3v) is 5.67. The highest BCUT2D eigenvalue weighted by atomic mass is 16.5. The molecule has 7 nitrogen and oxygen atoms in total. The van der Waals surface area contributed by atoms with Gasteiger partial charge in [0.1, 0.15) is 6.61 Å². The Morgan fingerprint density at radius 3 is 2.70 bits per heavy atom. The van der Waals surface area contributed by atoms with Crippen molar-refractivity contribution < 1.29 is 23.9 Å². The van der Waals surface area contributed by atoms with Gasteiger partial charge < -0.3 is 14.4 Å². The molecule has 2 aromatic rings. The molecule has 2 aliphatic rings. The molecule has 0 aromatic heterocycles. The SMILES string of the molecule is COCCN1C(=O)c2ccccc2N2C(=O)CC[C@]12C(=O)OCc1cccc(C)c1. The zero-order valence-electron chi connectivity index (χ0n) is 17.1. The molecule has 1 saturated heterocycles. The predicted molar refractivity (Wildman–Crippen MR) is 110 cm³/mol. The number of esters is 1. The summed E-state index contributed by atoms with van der Waals surface area (Å²) in [5.41, 5.74) is 1.26. The Hall–Kier alpha value is -3.19. The van der Waals surface area contributed by atoms with E-state index >= 15 is 0 Å². The van der Waals surface area contributed by atoms with Crippen molar-refractivity contribution in [2.45, 2.75) is 32.0 Å². The van der Waals surface area contributed by atoms with Crippen molar-refractivity contribution in [2.75, 3.05) is 25.2 Å². The van der Waals surface area contributed by atoms with E-state index in [1.807, 2.05) is 31.2 Å². The van der Waals surface area contributed by atoms with Gasteiger partial charge in [0.2, 0.25) is 11.6 Å². The quantitative estimate of drug-likeness (QED) is 0.687. The van der Waals surface area contributed by atoms with Crippen LogP contribution in [-0.2, 0) is 25.7 Å².